The maximum Gasteiger partial charge on any atom is 0.138 e. The van der Waals surface area contributed by atoms with Gasteiger partial charge >= 0.3 is 0 Å². The molecule has 0 unspecified atom stereocenters. The van der Waals surface area contributed by atoms with Crippen LogP contribution in [0.25, 0.3) is 10.9 Å². The number of aromatic nitrogens is 1. The Labute approximate surface area is 110 Å². The fourth-order valence-electron chi connectivity index (χ4n) is 1.79. The fraction of sp³-hybridized carbons (Fsp3) is 0.357. The Morgan fingerprint density at radius 3 is 2.65 bits per heavy atom. The first kappa shape index (κ1) is 12.4. The largest absolute Gasteiger partial charge is 0.506 e. The molecule has 1 aromatic carbocycles. The van der Waals surface area contributed by atoms with Crippen LogP contribution in [0.4, 0.5) is 0 Å². The van der Waals surface area contributed by atoms with Gasteiger partial charge in [-0.15, -0.1) is 0 Å². The van der Waals surface area contributed by atoms with Crippen molar-refractivity contribution in [1.82, 2.24) is 4.98 Å². The summed E-state index contributed by atoms with van der Waals surface area (Å²) in [7, 11) is 0. The third kappa shape index (κ3) is 2.29. The van der Waals surface area contributed by atoms with E-state index < -0.39 is 0 Å². The highest BCUT2D eigenvalue weighted by Crippen LogP contribution is 2.34. The predicted molar refractivity (Wildman–Crippen MR) is 74.4 cm³/mol. The summed E-state index contributed by atoms with van der Waals surface area (Å²) >= 11 is 3.44. The number of pyridine rings is 1. The van der Waals surface area contributed by atoms with Gasteiger partial charge in [0.05, 0.1) is 11.2 Å². The number of rotatable bonds is 2. The summed E-state index contributed by atoms with van der Waals surface area (Å²) in [5.74, 6) is 0.284. The zero-order valence-corrected chi connectivity index (χ0v) is 11.9. The lowest BCUT2D eigenvalue weighted by molar-refractivity contribution is 0.419. The second-order valence-electron chi connectivity index (χ2n) is 4.93. The molecular weight excluding hydrogens is 278 g/mol. The van der Waals surface area contributed by atoms with Crippen LogP contribution >= 0.6 is 15.9 Å². The molecule has 0 saturated heterocycles. The summed E-state index contributed by atoms with van der Waals surface area (Å²) < 4.78 is 1.00. The summed E-state index contributed by atoms with van der Waals surface area (Å²) in [4.78, 5) is 4.60. The molecular formula is C14H16BrNO. The van der Waals surface area contributed by atoms with Gasteiger partial charge in [-0.25, -0.2) is 4.98 Å². The van der Waals surface area contributed by atoms with E-state index in [0.29, 0.717) is 0 Å². The zero-order valence-electron chi connectivity index (χ0n) is 10.3. The third-order valence-electron chi connectivity index (χ3n) is 3.28. The molecule has 90 valence electrons. The van der Waals surface area contributed by atoms with Crippen LogP contribution in [0.2, 0.25) is 0 Å². The van der Waals surface area contributed by atoms with Crippen LogP contribution in [0, 0.1) is 0 Å². The van der Waals surface area contributed by atoms with Gasteiger partial charge < -0.3 is 5.11 Å². The van der Waals surface area contributed by atoms with Gasteiger partial charge in [-0.2, -0.15) is 0 Å². The number of halogens is 1. The molecule has 0 atom stereocenters. The minimum Gasteiger partial charge on any atom is -0.506 e. The molecule has 0 bridgehead atoms. The second-order valence-corrected chi connectivity index (χ2v) is 5.85. The Bertz CT molecular complexity index is 563. The van der Waals surface area contributed by atoms with E-state index in [9.17, 15) is 5.11 Å². The SMILES string of the molecule is CCC(C)(C)c1nc2cc(Br)ccc2cc1O. The lowest BCUT2D eigenvalue weighted by atomic mass is 9.85. The lowest BCUT2D eigenvalue weighted by Crippen LogP contribution is -2.17. The first-order chi connectivity index (χ1) is 7.94. The highest BCUT2D eigenvalue weighted by atomic mass is 79.9. The minimum atomic E-state index is -0.111. The molecule has 2 rings (SSSR count). The summed E-state index contributed by atoms with van der Waals surface area (Å²) in [5, 5.41) is 11.0. The molecule has 0 spiro atoms. The number of aromatic hydroxyl groups is 1. The van der Waals surface area contributed by atoms with Crippen molar-refractivity contribution in [2.45, 2.75) is 32.6 Å². The van der Waals surface area contributed by atoms with E-state index in [1.165, 1.54) is 0 Å². The van der Waals surface area contributed by atoms with Crippen LogP contribution < -0.4 is 0 Å². The van der Waals surface area contributed by atoms with Gasteiger partial charge in [0.2, 0.25) is 0 Å². The van der Waals surface area contributed by atoms with E-state index in [0.717, 1.165) is 27.5 Å². The van der Waals surface area contributed by atoms with E-state index in [1.807, 2.05) is 18.2 Å². The van der Waals surface area contributed by atoms with Crippen LogP contribution in [0.1, 0.15) is 32.9 Å². The van der Waals surface area contributed by atoms with Gasteiger partial charge in [-0.1, -0.05) is 42.8 Å². The highest BCUT2D eigenvalue weighted by Gasteiger charge is 2.24. The maximum absolute atomic E-state index is 10.1. The predicted octanol–water partition coefficient (Wildman–Crippen LogP) is 4.39. The van der Waals surface area contributed by atoms with Crippen molar-refractivity contribution in [3.8, 4) is 5.75 Å². The minimum absolute atomic E-state index is 0.111. The Morgan fingerprint density at radius 2 is 2.00 bits per heavy atom. The molecule has 0 aliphatic rings. The monoisotopic (exact) mass is 293 g/mol. The van der Waals surface area contributed by atoms with Crippen LogP contribution in [-0.2, 0) is 5.41 Å². The van der Waals surface area contributed by atoms with Crippen LogP contribution in [0.3, 0.4) is 0 Å². The molecule has 0 amide bonds. The normalized spacial score (nSPS) is 12.0. The van der Waals surface area contributed by atoms with Gasteiger partial charge in [0, 0.05) is 15.3 Å². The standard InChI is InChI=1S/C14H16BrNO/c1-4-14(2,3)13-12(17)7-9-5-6-10(15)8-11(9)16-13/h5-8,17H,4H2,1-3H3. The van der Waals surface area contributed by atoms with Gasteiger partial charge in [-0.3, -0.25) is 0 Å². The van der Waals surface area contributed by atoms with E-state index >= 15 is 0 Å². The van der Waals surface area contributed by atoms with Crippen molar-refractivity contribution in [3.05, 3.63) is 34.4 Å². The average Bonchev–Trinajstić information content (AvgIpc) is 2.28. The molecule has 2 aromatic rings. The smallest absolute Gasteiger partial charge is 0.138 e. The van der Waals surface area contributed by atoms with E-state index in [-0.39, 0.29) is 11.2 Å². The topological polar surface area (TPSA) is 33.1 Å². The summed E-state index contributed by atoms with van der Waals surface area (Å²) in [6.45, 7) is 6.30. The highest BCUT2D eigenvalue weighted by molar-refractivity contribution is 9.10. The van der Waals surface area contributed by atoms with Gasteiger partial charge in [0.15, 0.2) is 0 Å². The Balaban J connectivity index is 2.69. The Kier molecular flexibility index (Phi) is 3.13. The van der Waals surface area contributed by atoms with Gasteiger partial charge in [0.1, 0.15) is 5.75 Å². The van der Waals surface area contributed by atoms with Crippen molar-refractivity contribution in [1.29, 1.82) is 0 Å². The van der Waals surface area contributed by atoms with Gasteiger partial charge in [-0.05, 0) is 24.6 Å². The molecule has 0 aliphatic carbocycles. The average molecular weight is 294 g/mol. The molecule has 0 fully saturated rings. The molecule has 1 aromatic heterocycles. The summed E-state index contributed by atoms with van der Waals surface area (Å²) in [6.07, 6.45) is 0.938. The molecule has 0 aliphatic heterocycles. The number of fused-ring (bicyclic) bond motifs is 1. The van der Waals surface area contributed by atoms with Crippen molar-refractivity contribution in [3.63, 3.8) is 0 Å². The Morgan fingerprint density at radius 1 is 1.29 bits per heavy atom. The van der Waals surface area contributed by atoms with E-state index in [4.69, 9.17) is 0 Å². The first-order valence-corrected chi connectivity index (χ1v) is 6.53. The quantitative estimate of drug-likeness (QED) is 0.891. The van der Waals surface area contributed by atoms with Crippen molar-refractivity contribution in [2.24, 2.45) is 0 Å². The lowest BCUT2D eigenvalue weighted by Gasteiger charge is -2.23. The second kappa shape index (κ2) is 4.30. The van der Waals surface area contributed by atoms with Crippen molar-refractivity contribution < 1.29 is 5.11 Å². The number of benzene rings is 1. The molecule has 0 radical (unpaired) electrons. The molecule has 1 heterocycles. The van der Waals surface area contributed by atoms with E-state index in [2.05, 4.69) is 41.7 Å². The third-order valence-corrected chi connectivity index (χ3v) is 3.78. The molecule has 2 nitrogen and oxygen atoms in total. The number of hydrogen-bond acceptors (Lipinski definition) is 2. The molecule has 17 heavy (non-hydrogen) atoms. The summed E-state index contributed by atoms with van der Waals surface area (Å²) in [6, 6.07) is 7.68. The fourth-order valence-corrected chi connectivity index (χ4v) is 2.14. The number of nitrogens with zero attached hydrogens (tertiary/aromatic N) is 1. The van der Waals surface area contributed by atoms with Crippen molar-refractivity contribution in [2.75, 3.05) is 0 Å². The zero-order chi connectivity index (χ0) is 12.6. The van der Waals surface area contributed by atoms with Crippen LogP contribution in [-0.4, -0.2) is 10.1 Å². The van der Waals surface area contributed by atoms with Gasteiger partial charge in [0.25, 0.3) is 0 Å². The molecule has 0 saturated carbocycles. The first-order valence-electron chi connectivity index (χ1n) is 5.74. The van der Waals surface area contributed by atoms with E-state index in [1.54, 1.807) is 6.07 Å². The number of hydrogen-bond donors (Lipinski definition) is 1. The Hall–Kier alpha value is -1.09. The molecule has 3 heteroatoms. The summed E-state index contributed by atoms with van der Waals surface area (Å²) in [5.41, 5.74) is 1.57. The van der Waals surface area contributed by atoms with Crippen LogP contribution in [0.5, 0.6) is 5.75 Å². The molecule has 1 N–H and O–H groups in total. The maximum atomic E-state index is 10.1. The van der Waals surface area contributed by atoms with Crippen molar-refractivity contribution >= 4 is 26.8 Å². The van der Waals surface area contributed by atoms with Crippen LogP contribution in [0.15, 0.2) is 28.7 Å².